The van der Waals surface area contributed by atoms with Crippen molar-refractivity contribution in [2.24, 2.45) is 11.8 Å². The number of nitrogens with one attached hydrogen (secondary N) is 1. The number of rotatable bonds is 3. The van der Waals surface area contributed by atoms with E-state index in [1.807, 2.05) is 4.90 Å². The number of amides is 3. The summed E-state index contributed by atoms with van der Waals surface area (Å²) in [5.74, 6) is -1.63. The number of aliphatic carboxylic acids is 1. The third-order valence-corrected chi connectivity index (χ3v) is 5.91. The fraction of sp³-hybridized carbons (Fsp3) is 0.789. The third-order valence-electron chi connectivity index (χ3n) is 5.91. The van der Waals surface area contributed by atoms with Gasteiger partial charge in [-0.25, -0.2) is 9.59 Å². The Bertz CT molecular complexity index is 710. The molecule has 174 valence electrons. The Morgan fingerprint density at radius 1 is 1.19 bits per heavy atom. The van der Waals surface area contributed by atoms with Crippen molar-refractivity contribution in [2.75, 3.05) is 40.3 Å². The quantitative estimate of drug-likeness (QED) is 0.670. The molecule has 3 rings (SSSR count). The van der Waals surface area contributed by atoms with Crippen molar-refractivity contribution in [1.29, 1.82) is 5.26 Å². The molecule has 0 bridgehead atoms. The van der Waals surface area contributed by atoms with Crippen molar-refractivity contribution in [3.63, 3.8) is 0 Å². The number of hydrogen-bond acceptors (Lipinski definition) is 5. The lowest BCUT2D eigenvalue weighted by Crippen LogP contribution is -2.43. The molecule has 0 aromatic carbocycles. The van der Waals surface area contributed by atoms with Crippen molar-refractivity contribution in [3.05, 3.63) is 0 Å². The van der Waals surface area contributed by atoms with E-state index in [0.29, 0.717) is 31.0 Å². The van der Waals surface area contributed by atoms with Crippen LogP contribution in [0.2, 0.25) is 0 Å². The van der Waals surface area contributed by atoms with Gasteiger partial charge in [-0.2, -0.15) is 18.4 Å². The molecule has 2 aliphatic heterocycles. The Kier molecular flexibility index (Phi) is 8.11. The highest BCUT2D eigenvalue weighted by molar-refractivity contribution is 5.79. The number of likely N-dealkylation sites (tertiary alicyclic amines) is 2. The van der Waals surface area contributed by atoms with E-state index in [2.05, 4.69) is 11.4 Å². The second-order valence-electron chi connectivity index (χ2n) is 8.33. The molecule has 4 atom stereocenters. The van der Waals surface area contributed by atoms with E-state index >= 15 is 0 Å². The van der Waals surface area contributed by atoms with Gasteiger partial charge in [0.15, 0.2) is 0 Å². The van der Waals surface area contributed by atoms with Crippen LogP contribution in [0.1, 0.15) is 25.7 Å². The zero-order valence-corrected chi connectivity index (χ0v) is 17.6. The zero-order valence-electron chi connectivity index (χ0n) is 17.6. The maximum Gasteiger partial charge on any atom is 0.490 e. The van der Waals surface area contributed by atoms with Gasteiger partial charge in [-0.05, 0) is 37.5 Å². The summed E-state index contributed by atoms with van der Waals surface area (Å²) in [5.41, 5.74) is 0. The molecule has 1 aliphatic carbocycles. The second kappa shape index (κ2) is 10.2. The van der Waals surface area contributed by atoms with Crippen LogP contribution in [0.25, 0.3) is 0 Å². The SMILES string of the molecule is CN(C)C(=O)N1C[C@H]2CC(NCC(=O)N3CCC[C@H]3C#N)C[C@H]2C1.O=C(O)C(F)(F)F. The van der Waals surface area contributed by atoms with E-state index in [1.165, 1.54) is 0 Å². The van der Waals surface area contributed by atoms with E-state index in [-0.39, 0.29) is 18.0 Å². The lowest BCUT2D eigenvalue weighted by atomic mass is 10.0. The number of urea groups is 1. The normalized spacial score (nSPS) is 27.2. The van der Waals surface area contributed by atoms with Crippen LogP contribution in [-0.2, 0) is 9.59 Å². The fourth-order valence-electron chi connectivity index (χ4n) is 4.44. The molecule has 3 aliphatic rings. The summed E-state index contributed by atoms with van der Waals surface area (Å²) in [6.07, 6.45) is -1.31. The number of nitriles is 1. The topological polar surface area (TPSA) is 117 Å². The highest BCUT2D eigenvalue weighted by atomic mass is 19.4. The molecule has 3 fully saturated rings. The number of carboxylic acids is 1. The van der Waals surface area contributed by atoms with Crippen molar-refractivity contribution < 1.29 is 32.7 Å². The van der Waals surface area contributed by atoms with Gasteiger partial charge in [0, 0.05) is 39.8 Å². The predicted octanol–water partition coefficient (Wildman–Crippen LogP) is 1.12. The average molecular weight is 447 g/mol. The minimum atomic E-state index is -5.08. The number of carboxylic acid groups (broad SMARTS) is 1. The molecule has 31 heavy (non-hydrogen) atoms. The van der Waals surface area contributed by atoms with Crippen LogP contribution in [0.4, 0.5) is 18.0 Å². The van der Waals surface area contributed by atoms with Crippen LogP contribution >= 0.6 is 0 Å². The summed E-state index contributed by atoms with van der Waals surface area (Å²) >= 11 is 0. The Hall–Kier alpha value is -2.55. The largest absolute Gasteiger partial charge is 0.490 e. The summed E-state index contributed by atoms with van der Waals surface area (Å²) in [5, 5.41) is 19.6. The molecule has 0 spiro atoms. The predicted molar refractivity (Wildman–Crippen MR) is 103 cm³/mol. The van der Waals surface area contributed by atoms with Crippen LogP contribution in [0.5, 0.6) is 0 Å². The van der Waals surface area contributed by atoms with Gasteiger partial charge in [-0.15, -0.1) is 0 Å². The first kappa shape index (κ1) is 24.7. The molecule has 9 nitrogen and oxygen atoms in total. The van der Waals surface area contributed by atoms with Crippen molar-refractivity contribution in [2.45, 2.75) is 43.9 Å². The summed E-state index contributed by atoms with van der Waals surface area (Å²) in [7, 11) is 3.58. The Balaban J connectivity index is 0.000000423. The van der Waals surface area contributed by atoms with Crippen molar-refractivity contribution in [3.8, 4) is 6.07 Å². The van der Waals surface area contributed by atoms with Crippen molar-refractivity contribution in [1.82, 2.24) is 20.0 Å². The molecule has 0 aromatic rings. The summed E-state index contributed by atoms with van der Waals surface area (Å²) in [6.45, 7) is 2.69. The number of nitrogens with zero attached hydrogens (tertiary/aromatic N) is 4. The highest BCUT2D eigenvalue weighted by Gasteiger charge is 2.43. The number of hydrogen-bond donors (Lipinski definition) is 2. The second-order valence-corrected chi connectivity index (χ2v) is 8.33. The molecule has 1 unspecified atom stereocenters. The molecule has 12 heteroatoms. The van der Waals surface area contributed by atoms with Crippen LogP contribution in [0.15, 0.2) is 0 Å². The molecule has 2 heterocycles. The monoisotopic (exact) mass is 447 g/mol. The van der Waals surface area contributed by atoms with Crippen LogP contribution < -0.4 is 5.32 Å². The highest BCUT2D eigenvalue weighted by Crippen LogP contribution is 2.38. The van der Waals surface area contributed by atoms with Gasteiger partial charge >= 0.3 is 18.2 Å². The number of carbonyl (C=O) groups is 3. The maximum atomic E-state index is 12.3. The van der Waals surface area contributed by atoms with Gasteiger partial charge in [0.2, 0.25) is 5.91 Å². The van der Waals surface area contributed by atoms with E-state index in [9.17, 15) is 22.8 Å². The zero-order chi connectivity index (χ0) is 23.3. The van der Waals surface area contributed by atoms with Crippen LogP contribution in [0.3, 0.4) is 0 Å². The molecule has 2 N–H and O–H groups in total. The van der Waals surface area contributed by atoms with E-state index in [0.717, 1.165) is 38.8 Å². The first-order valence-electron chi connectivity index (χ1n) is 10.1. The van der Waals surface area contributed by atoms with Gasteiger partial charge in [-0.3, -0.25) is 4.79 Å². The van der Waals surface area contributed by atoms with Gasteiger partial charge < -0.3 is 25.1 Å². The lowest BCUT2D eigenvalue weighted by Gasteiger charge is -2.24. The molecule has 0 aromatic heterocycles. The Morgan fingerprint density at radius 2 is 1.74 bits per heavy atom. The van der Waals surface area contributed by atoms with Gasteiger partial charge in [0.05, 0.1) is 12.6 Å². The summed E-state index contributed by atoms with van der Waals surface area (Å²) < 4.78 is 31.7. The average Bonchev–Trinajstić information content (AvgIpc) is 3.39. The number of fused-ring (bicyclic) bond motifs is 1. The van der Waals surface area contributed by atoms with Crippen molar-refractivity contribution >= 4 is 17.9 Å². The van der Waals surface area contributed by atoms with Gasteiger partial charge in [0.25, 0.3) is 0 Å². The third kappa shape index (κ3) is 6.46. The number of carbonyl (C=O) groups excluding carboxylic acids is 2. The first-order valence-corrected chi connectivity index (χ1v) is 10.1. The fourth-order valence-corrected chi connectivity index (χ4v) is 4.44. The van der Waals surface area contributed by atoms with Gasteiger partial charge in [-0.1, -0.05) is 0 Å². The number of alkyl halides is 3. The number of halogens is 3. The summed E-state index contributed by atoms with van der Waals surface area (Å²) in [4.78, 5) is 38.5. The smallest absolute Gasteiger partial charge is 0.475 e. The maximum absolute atomic E-state index is 12.3. The molecule has 3 amide bonds. The first-order chi connectivity index (χ1) is 14.4. The molecular weight excluding hydrogens is 419 g/mol. The summed E-state index contributed by atoms with van der Waals surface area (Å²) in [6, 6.07) is 2.42. The van der Waals surface area contributed by atoms with E-state index in [1.54, 1.807) is 23.9 Å². The van der Waals surface area contributed by atoms with Crippen LogP contribution in [0, 0.1) is 23.2 Å². The molecule has 0 radical (unpaired) electrons. The van der Waals surface area contributed by atoms with Gasteiger partial charge in [0.1, 0.15) is 6.04 Å². The molecule has 1 saturated carbocycles. The minimum absolute atomic E-state index is 0.0421. The standard InChI is InChI=1S/C17H27N5O2.C2HF3O2/c1-20(2)17(24)21-10-12-6-14(7-13(12)11-21)19-9-16(23)22-5-3-4-15(22)8-18;3-2(4,5)1(6)7/h12-15,19H,3-7,9-11H2,1-2H3;(H,6,7)/t12-,13+,14?,15-;/m0./s1. The minimum Gasteiger partial charge on any atom is -0.475 e. The van der Waals surface area contributed by atoms with Crippen LogP contribution in [-0.4, -0.2) is 96.2 Å². The molecule has 2 saturated heterocycles. The Morgan fingerprint density at radius 3 is 2.19 bits per heavy atom. The van der Waals surface area contributed by atoms with E-state index in [4.69, 9.17) is 15.2 Å². The van der Waals surface area contributed by atoms with E-state index < -0.39 is 12.1 Å². The lowest BCUT2D eigenvalue weighted by molar-refractivity contribution is -0.192. The Labute approximate surface area is 178 Å². The molecular formula is C19H28F3N5O4.